The first kappa shape index (κ1) is 14.9. The molecule has 1 atom stereocenters. The molecule has 0 heterocycles. The number of carbonyl (C=O) groups excluding carboxylic acids is 2. The smallest absolute Gasteiger partial charge is 0.234 e. The molecule has 0 saturated carbocycles. The Morgan fingerprint density at radius 1 is 1.31 bits per heavy atom. The molecule has 4 N–H and O–H groups in total. The number of carbonyl (C=O) groups is 2. The van der Waals surface area contributed by atoms with E-state index in [1.165, 1.54) is 0 Å². The number of nitrogens with one attached hydrogen (secondary N) is 2. The number of amides is 2. The first-order valence-electron chi connectivity index (χ1n) is 5.85. The van der Waals surface area contributed by atoms with Gasteiger partial charge in [-0.05, 0) is 32.7 Å². The van der Waals surface area contributed by atoms with Gasteiger partial charge >= 0.3 is 0 Å². The molecule has 0 aromatic rings. The summed E-state index contributed by atoms with van der Waals surface area (Å²) in [5.74, 6) is -0.222. The SMILES string of the molecule is CCCC(=O)NCCCCC(NC)C(N)=O. The van der Waals surface area contributed by atoms with E-state index >= 15 is 0 Å². The Kier molecular flexibility index (Phi) is 8.52. The molecule has 0 spiro atoms. The van der Waals surface area contributed by atoms with Crippen LogP contribution in [0.5, 0.6) is 0 Å². The first-order chi connectivity index (χ1) is 7.61. The minimum absolute atomic E-state index is 0.0996. The maximum absolute atomic E-state index is 11.1. The fourth-order valence-corrected chi connectivity index (χ4v) is 1.45. The van der Waals surface area contributed by atoms with Crippen LogP contribution >= 0.6 is 0 Å². The third-order valence-corrected chi connectivity index (χ3v) is 2.41. The van der Waals surface area contributed by atoms with E-state index < -0.39 is 0 Å². The summed E-state index contributed by atoms with van der Waals surface area (Å²) < 4.78 is 0. The maximum Gasteiger partial charge on any atom is 0.234 e. The second kappa shape index (κ2) is 9.15. The van der Waals surface area contributed by atoms with E-state index in [4.69, 9.17) is 5.73 Å². The molecule has 0 saturated heterocycles. The summed E-state index contributed by atoms with van der Waals surface area (Å²) in [5, 5.41) is 5.69. The lowest BCUT2D eigenvalue weighted by Gasteiger charge is -2.11. The molecule has 0 aliphatic carbocycles. The summed E-state index contributed by atoms with van der Waals surface area (Å²) in [6.45, 7) is 2.65. The lowest BCUT2D eigenvalue weighted by Crippen LogP contribution is -2.39. The molecular formula is C11H23N3O2. The van der Waals surface area contributed by atoms with Crippen molar-refractivity contribution in [2.24, 2.45) is 5.73 Å². The summed E-state index contributed by atoms with van der Waals surface area (Å²) in [6.07, 6.45) is 3.92. The Morgan fingerprint density at radius 2 is 2.00 bits per heavy atom. The summed E-state index contributed by atoms with van der Waals surface area (Å²) >= 11 is 0. The van der Waals surface area contributed by atoms with Gasteiger partial charge in [0.15, 0.2) is 0 Å². The minimum atomic E-state index is -0.322. The molecule has 0 aromatic heterocycles. The Morgan fingerprint density at radius 3 is 2.50 bits per heavy atom. The van der Waals surface area contributed by atoms with Gasteiger partial charge in [0.05, 0.1) is 6.04 Å². The van der Waals surface area contributed by atoms with Crippen LogP contribution in [-0.2, 0) is 9.59 Å². The van der Waals surface area contributed by atoms with E-state index in [2.05, 4.69) is 10.6 Å². The van der Waals surface area contributed by atoms with Crippen LogP contribution in [0.15, 0.2) is 0 Å². The number of nitrogens with two attached hydrogens (primary N) is 1. The second-order valence-corrected chi connectivity index (χ2v) is 3.84. The summed E-state index contributed by atoms with van der Waals surface area (Å²) in [7, 11) is 1.72. The molecule has 2 amide bonds. The quantitative estimate of drug-likeness (QED) is 0.492. The van der Waals surface area contributed by atoms with Crippen LogP contribution in [-0.4, -0.2) is 31.4 Å². The number of unbranched alkanes of at least 4 members (excludes halogenated alkanes) is 1. The summed E-state index contributed by atoms with van der Waals surface area (Å²) in [4.78, 5) is 22.0. The zero-order valence-corrected chi connectivity index (χ0v) is 10.2. The highest BCUT2D eigenvalue weighted by molar-refractivity contribution is 5.79. The number of primary amides is 1. The Bertz CT molecular complexity index is 219. The van der Waals surface area contributed by atoms with Crippen LogP contribution in [0.4, 0.5) is 0 Å². The van der Waals surface area contributed by atoms with Crippen LogP contribution in [0, 0.1) is 0 Å². The van der Waals surface area contributed by atoms with Crippen LogP contribution in [0.2, 0.25) is 0 Å². The third-order valence-electron chi connectivity index (χ3n) is 2.41. The molecular weight excluding hydrogens is 206 g/mol. The molecule has 0 aliphatic rings. The molecule has 0 rings (SSSR count). The van der Waals surface area contributed by atoms with E-state index in [1.54, 1.807) is 7.05 Å². The monoisotopic (exact) mass is 229 g/mol. The highest BCUT2D eigenvalue weighted by Crippen LogP contribution is 1.99. The van der Waals surface area contributed by atoms with E-state index in [9.17, 15) is 9.59 Å². The minimum Gasteiger partial charge on any atom is -0.368 e. The van der Waals surface area contributed by atoms with Gasteiger partial charge in [-0.2, -0.15) is 0 Å². The molecule has 0 aromatic carbocycles. The van der Waals surface area contributed by atoms with Crippen molar-refractivity contribution < 1.29 is 9.59 Å². The predicted molar refractivity (Wildman–Crippen MR) is 63.8 cm³/mol. The van der Waals surface area contributed by atoms with Crippen molar-refractivity contribution in [1.29, 1.82) is 0 Å². The average molecular weight is 229 g/mol. The third kappa shape index (κ3) is 7.23. The van der Waals surface area contributed by atoms with Gasteiger partial charge in [0, 0.05) is 13.0 Å². The molecule has 5 nitrogen and oxygen atoms in total. The number of hydrogen-bond acceptors (Lipinski definition) is 3. The van der Waals surface area contributed by atoms with Crippen molar-refractivity contribution in [1.82, 2.24) is 10.6 Å². The maximum atomic E-state index is 11.1. The van der Waals surface area contributed by atoms with Gasteiger partial charge in [-0.1, -0.05) is 6.92 Å². The summed E-state index contributed by atoms with van der Waals surface area (Å²) in [6, 6.07) is -0.258. The normalized spacial score (nSPS) is 12.1. The van der Waals surface area contributed by atoms with Gasteiger partial charge in [-0.15, -0.1) is 0 Å². The van der Waals surface area contributed by atoms with Crippen molar-refractivity contribution in [3.63, 3.8) is 0 Å². The fraction of sp³-hybridized carbons (Fsp3) is 0.818. The second-order valence-electron chi connectivity index (χ2n) is 3.84. The Hall–Kier alpha value is -1.10. The summed E-state index contributed by atoms with van der Waals surface area (Å²) in [5.41, 5.74) is 5.18. The molecule has 16 heavy (non-hydrogen) atoms. The molecule has 94 valence electrons. The highest BCUT2D eigenvalue weighted by atomic mass is 16.2. The average Bonchev–Trinajstić information content (AvgIpc) is 2.23. The van der Waals surface area contributed by atoms with Gasteiger partial charge in [-0.3, -0.25) is 9.59 Å². The molecule has 0 radical (unpaired) electrons. The van der Waals surface area contributed by atoms with Crippen molar-refractivity contribution in [3.8, 4) is 0 Å². The van der Waals surface area contributed by atoms with Crippen LogP contribution in [0.3, 0.4) is 0 Å². The number of hydrogen-bond donors (Lipinski definition) is 3. The van der Waals surface area contributed by atoms with Crippen LogP contribution in [0.1, 0.15) is 39.0 Å². The van der Waals surface area contributed by atoms with Crippen molar-refractivity contribution >= 4 is 11.8 Å². The lowest BCUT2D eigenvalue weighted by molar-refractivity contribution is -0.121. The van der Waals surface area contributed by atoms with E-state index in [0.29, 0.717) is 13.0 Å². The van der Waals surface area contributed by atoms with E-state index in [-0.39, 0.29) is 17.9 Å². The lowest BCUT2D eigenvalue weighted by atomic mass is 10.1. The Labute approximate surface area is 97.2 Å². The van der Waals surface area contributed by atoms with Crippen molar-refractivity contribution in [2.45, 2.75) is 45.1 Å². The number of rotatable bonds is 9. The van der Waals surface area contributed by atoms with Gasteiger partial charge in [-0.25, -0.2) is 0 Å². The largest absolute Gasteiger partial charge is 0.368 e. The van der Waals surface area contributed by atoms with Crippen LogP contribution < -0.4 is 16.4 Å². The fourth-order valence-electron chi connectivity index (χ4n) is 1.45. The Balaban J connectivity index is 3.45. The highest BCUT2D eigenvalue weighted by Gasteiger charge is 2.11. The first-order valence-corrected chi connectivity index (χ1v) is 5.85. The van der Waals surface area contributed by atoms with E-state index in [1.807, 2.05) is 6.92 Å². The van der Waals surface area contributed by atoms with Gasteiger partial charge < -0.3 is 16.4 Å². The molecule has 5 heteroatoms. The molecule has 1 unspecified atom stereocenters. The molecule has 0 fully saturated rings. The molecule has 0 bridgehead atoms. The zero-order chi connectivity index (χ0) is 12.4. The number of likely N-dealkylation sites (N-methyl/N-ethyl adjacent to an activating group) is 1. The topological polar surface area (TPSA) is 84.2 Å². The van der Waals surface area contributed by atoms with Crippen molar-refractivity contribution in [3.05, 3.63) is 0 Å². The van der Waals surface area contributed by atoms with Crippen molar-refractivity contribution in [2.75, 3.05) is 13.6 Å². The van der Waals surface area contributed by atoms with Gasteiger partial charge in [0.25, 0.3) is 0 Å². The van der Waals surface area contributed by atoms with Gasteiger partial charge in [0.2, 0.25) is 11.8 Å². The van der Waals surface area contributed by atoms with Gasteiger partial charge in [0.1, 0.15) is 0 Å². The standard InChI is InChI=1S/C11H23N3O2/c1-3-6-10(15)14-8-5-4-7-9(13-2)11(12)16/h9,13H,3-8H2,1-2H3,(H2,12,16)(H,14,15). The van der Waals surface area contributed by atoms with Crippen LogP contribution in [0.25, 0.3) is 0 Å². The molecule has 0 aliphatic heterocycles. The predicted octanol–water partition coefficient (Wildman–Crippen LogP) is 0.146. The zero-order valence-electron chi connectivity index (χ0n) is 10.2. The van der Waals surface area contributed by atoms with E-state index in [0.717, 1.165) is 25.7 Å².